The van der Waals surface area contributed by atoms with Crippen molar-refractivity contribution in [1.29, 1.82) is 0 Å². The molecule has 0 amide bonds. The van der Waals surface area contributed by atoms with Crippen molar-refractivity contribution in [3.8, 4) is 5.75 Å². The molecule has 0 N–H and O–H groups in total. The highest BCUT2D eigenvalue weighted by molar-refractivity contribution is 5.45. The molecule has 138 valence electrons. The molecule has 2 aliphatic carbocycles. The summed E-state index contributed by atoms with van der Waals surface area (Å²) in [5.41, 5.74) is 3.70. The van der Waals surface area contributed by atoms with E-state index in [1.54, 1.807) is 18.2 Å². The first kappa shape index (κ1) is 17.4. The Morgan fingerprint density at radius 2 is 2.16 bits per heavy atom. The zero-order chi connectivity index (χ0) is 17.4. The fourth-order valence-electron chi connectivity index (χ4n) is 6.06. The molecule has 2 fully saturated rings. The standard InChI is InChI=1S/C23H35NO/c1-4-17(2)10-13-24-14-12-23-11-6-5-7-20(23)22(24)15-18-8-9-19(25-3)16-21(18)23/h8-9,16-17,20,22H,4-7,10-15H2,1-3H3/t17?,20-,22-,23-/m0/s1. The first-order valence-electron chi connectivity index (χ1n) is 10.6. The van der Waals surface area contributed by atoms with Crippen molar-refractivity contribution in [2.45, 2.75) is 76.7 Å². The number of nitrogens with zero attached hydrogens (tertiary/aromatic N) is 1. The number of hydrogen-bond donors (Lipinski definition) is 0. The van der Waals surface area contributed by atoms with Crippen LogP contribution >= 0.6 is 0 Å². The first-order chi connectivity index (χ1) is 12.2. The van der Waals surface area contributed by atoms with Gasteiger partial charge in [-0.1, -0.05) is 39.2 Å². The lowest BCUT2D eigenvalue weighted by molar-refractivity contribution is -0.0134. The van der Waals surface area contributed by atoms with Gasteiger partial charge in [-0.2, -0.15) is 0 Å². The molecule has 2 bridgehead atoms. The van der Waals surface area contributed by atoms with E-state index in [2.05, 4.69) is 36.9 Å². The Hall–Kier alpha value is -1.02. The van der Waals surface area contributed by atoms with E-state index in [4.69, 9.17) is 4.74 Å². The van der Waals surface area contributed by atoms with Crippen LogP contribution in [-0.4, -0.2) is 31.1 Å². The van der Waals surface area contributed by atoms with Crippen LogP contribution in [0.2, 0.25) is 0 Å². The van der Waals surface area contributed by atoms with Crippen molar-refractivity contribution in [2.75, 3.05) is 20.2 Å². The minimum absolute atomic E-state index is 0.442. The van der Waals surface area contributed by atoms with E-state index >= 15 is 0 Å². The highest BCUT2D eigenvalue weighted by Gasteiger charge is 2.53. The molecule has 0 radical (unpaired) electrons. The SMILES string of the molecule is CCC(C)CCN1CC[C@@]23CCCC[C@H]2[C@@H]1Cc1ccc(OC)cc13. The van der Waals surface area contributed by atoms with Crippen LogP contribution in [0.25, 0.3) is 0 Å². The van der Waals surface area contributed by atoms with Crippen LogP contribution in [0.1, 0.15) is 69.9 Å². The monoisotopic (exact) mass is 341 g/mol. The van der Waals surface area contributed by atoms with Gasteiger partial charge in [0.2, 0.25) is 0 Å². The quantitative estimate of drug-likeness (QED) is 0.731. The third-order valence-corrected chi connectivity index (χ3v) is 7.76. The lowest BCUT2D eigenvalue weighted by Gasteiger charge is -2.59. The molecule has 0 aromatic heterocycles. The highest BCUT2D eigenvalue weighted by atomic mass is 16.5. The molecule has 4 rings (SSSR count). The third kappa shape index (κ3) is 2.91. The van der Waals surface area contributed by atoms with Gasteiger partial charge in [0, 0.05) is 11.5 Å². The minimum atomic E-state index is 0.442. The Labute approximate surface area is 153 Å². The second-order valence-electron chi connectivity index (χ2n) is 8.89. The normalized spacial score (nSPS) is 32.6. The molecule has 25 heavy (non-hydrogen) atoms. The summed E-state index contributed by atoms with van der Waals surface area (Å²) in [4.78, 5) is 2.87. The maximum atomic E-state index is 5.58. The van der Waals surface area contributed by atoms with E-state index in [9.17, 15) is 0 Å². The number of methoxy groups -OCH3 is 1. The Morgan fingerprint density at radius 1 is 1.28 bits per heavy atom. The lowest BCUT2D eigenvalue weighted by atomic mass is 9.52. The summed E-state index contributed by atoms with van der Waals surface area (Å²) in [7, 11) is 1.81. The summed E-state index contributed by atoms with van der Waals surface area (Å²) in [5.74, 6) is 2.78. The van der Waals surface area contributed by atoms with E-state index in [0.29, 0.717) is 5.41 Å². The summed E-state index contributed by atoms with van der Waals surface area (Å²) in [6, 6.07) is 7.71. The van der Waals surface area contributed by atoms with Gasteiger partial charge in [0.15, 0.2) is 0 Å². The maximum Gasteiger partial charge on any atom is 0.119 e. The van der Waals surface area contributed by atoms with Crippen molar-refractivity contribution in [3.05, 3.63) is 29.3 Å². The van der Waals surface area contributed by atoms with Gasteiger partial charge in [0.05, 0.1) is 7.11 Å². The predicted molar refractivity (Wildman–Crippen MR) is 104 cm³/mol. The molecule has 2 heteroatoms. The molecule has 4 atom stereocenters. The van der Waals surface area contributed by atoms with E-state index < -0.39 is 0 Å². The van der Waals surface area contributed by atoms with E-state index in [-0.39, 0.29) is 0 Å². The van der Waals surface area contributed by atoms with Crippen LogP contribution < -0.4 is 4.74 Å². The summed E-state index contributed by atoms with van der Waals surface area (Å²) in [6.07, 6.45) is 11.0. The average Bonchev–Trinajstić information content (AvgIpc) is 2.66. The topological polar surface area (TPSA) is 12.5 Å². The summed E-state index contributed by atoms with van der Waals surface area (Å²) in [5, 5.41) is 0. The van der Waals surface area contributed by atoms with Gasteiger partial charge in [-0.25, -0.2) is 0 Å². The smallest absolute Gasteiger partial charge is 0.119 e. The lowest BCUT2D eigenvalue weighted by Crippen LogP contribution is -2.61. The predicted octanol–water partition coefficient (Wildman–Crippen LogP) is 5.19. The number of likely N-dealkylation sites (tertiary alicyclic amines) is 1. The van der Waals surface area contributed by atoms with Crippen molar-refractivity contribution in [3.63, 3.8) is 0 Å². The van der Waals surface area contributed by atoms with Crippen LogP contribution in [-0.2, 0) is 11.8 Å². The van der Waals surface area contributed by atoms with Crippen molar-refractivity contribution >= 4 is 0 Å². The Balaban J connectivity index is 1.66. The molecule has 1 saturated heterocycles. The zero-order valence-corrected chi connectivity index (χ0v) is 16.4. The van der Waals surface area contributed by atoms with Crippen LogP contribution in [0.3, 0.4) is 0 Å². The summed E-state index contributed by atoms with van der Waals surface area (Å²) >= 11 is 0. The van der Waals surface area contributed by atoms with E-state index in [0.717, 1.165) is 23.6 Å². The van der Waals surface area contributed by atoms with Crippen molar-refractivity contribution < 1.29 is 4.74 Å². The van der Waals surface area contributed by atoms with Gasteiger partial charge in [-0.05, 0) is 80.3 Å². The molecule has 1 heterocycles. The molecule has 3 aliphatic rings. The maximum absolute atomic E-state index is 5.58. The second-order valence-corrected chi connectivity index (χ2v) is 8.89. The van der Waals surface area contributed by atoms with E-state index in [1.807, 2.05) is 0 Å². The van der Waals surface area contributed by atoms with Crippen LogP contribution in [0.4, 0.5) is 0 Å². The summed E-state index contributed by atoms with van der Waals surface area (Å²) < 4.78 is 5.58. The number of fused-ring (bicyclic) bond motifs is 1. The van der Waals surface area contributed by atoms with Gasteiger partial charge in [-0.3, -0.25) is 4.90 Å². The van der Waals surface area contributed by atoms with Crippen molar-refractivity contribution in [1.82, 2.24) is 4.90 Å². The Morgan fingerprint density at radius 3 is 2.96 bits per heavy atom. The molecule has 1 unspecified atom stereocenters. The van der Waals surface area contributed by atoms with Gasteiger partial charge >= 0.3 is 0 Å². The average molecular weight is 342 g/mol. The molecule has 1 aromatic carbocycles. The third-order valence-electron chi connectivity index (χ3n) is 7.76. The molecule has 1 saturated carbocycles. The zero-order valence-electron chi connectivity index (χ0n) is 16.4. The largest absolute Gasteiger partial charge is 0.497 e. The van der Waals surface area contributed by atoms with Gasteiger partial charge in [-0.15, -0.1) is 0 Å². The molecular weight excluding hydrogens is 306 g/mol. The minimum Gasteiger partial charge on any atom is -0.497 e. The molecule has 1 aliphatic heterocycles. The van der Waals surface area contributed by atoms with Crippen LogP contribution in [0.15, 0.2) is 18.2 Å². The number of hydrogen-bond acceptors (Lipinski definition) is 2. The number of rotatable bonds is 5. The molecule has 0 spiro atoms. The van der Waals surface area contributed by atoms with Gasteiger partial charge in [0.1, 0.15) is 5.75 Å². The molecular formula is C23H35NO. The summed E-state index contributed by atoms with van der Waals surface area (Å²) in [6.45, 7) is 7.35. The molecule has 2 nitrogen and oxygen atoms in total. The number of ether oxygens (including phenoxy) is 1. The van der Waals surface area contributed by atoms with Gasteiger partial charge < -0.3 is 4.74 Å². The molecule has 1 aromatic rings. The van der Waals surface area contributed by atoms with E-state index in [1.165, 1.54) is 64.5 Å². The highest BCUT2D eigenvalue weighted by Crippen LogP contribution is 2.56. The number of piperidine rings is 1. The van der Waals surface area contributed by atoms with Crippen molar-refractivity contribution in [2.24, 2.45) is 11.8 Å². The fraction of sp³-hybridized carbons (Fsp3) is 0.739. The van der Waals surface area contributed by atoms with Crippen LogP contribution in [0.5, 0.6) is 5.75 Å². The Bertz CT molecular complexity index is 612. The Kier molecular flexibility index (Phi) is 4.83. The fourth-order valence-corrected chi connectivity index (χ4v) is 6.06. The number of benzene rings is 1. The van der Waals surface area contributed by atoms with Crippen LogP contribution in [0, 0.1) is 11.8 Å². The first-order valence-corrected chi connectivity index (χ1v) is 10.6. The second kappa shape index (κ2) is 6.95. The van der Waals surface area contributed by atoms with Gasteiger partial charge in [0.25, 0.3) is 0 Å².